The lowest BCUT2D eigenvalue weighted by atomic mass is 10.1. The summed E-state index contributed by atoms with van der Waals surface area (Å²) in [5.41, 5.74) is 5.58. The Morgan fingerprint density at radius 3 is 2.57 bits per heavy atom. The Labute approximate surface area is 124 Å². The number of hydrogen-bond acceptors (Lipinski definition) is 3. The van der Waals surface area contributed by atoms with Crippen molar-refractivity contribution in [3.63, 3.8) is 0 Å². The zero-order chi connectivity index (χ0) is 15.8. The van der Waals surface area contributed by atoms with E-state index < -0.39 is 11.7 Å². The molecule has 0 unspecified atom stereocenters. The van der Waals surface area contributed by atoms with Gasteiger partial charge >= 0.3 is 6.18 Å². The molecule has 1 aromatic heterocycles. The van der Waals surface area contributed by atoms with Gasteiger partial charge in [0.25, 0.3) is 0 Å². The monoisotopic (exact) mass is 319 g/mol. The average Bonchev–Trinajstić information content (AvgIpc) is 2.61. The molecule has 4 nitrogen and oxygen atoms in total. The van der Waals surface area contributed by atoms with E-state index in [9.17, 15) is 13.2 Å². The lowest BCUT2D eigenvalue weighted by Crippen LogP contribution is -2.11. The Morgan fingerprint density at radius 2 is 2.05 bits per heavy atom. The fraction of sp³-hybridized carbons (Fsp3) is 0.308. The molecule has 8 heteroatoms. The lowest BCUT2D eigenvalue weighted by Gasteiger charge is -2.14. The first-order valence-corrected chi connectivity index (χ1v) is 6.35. The molecule has 1 heterocycles. The molecule has 2 N–H and O–H groups in total. The number of alkyl halides is 3. The number of halogens is 4. The molecular weight excluding hydrogens is 307 g/mol. The van der Waals surface area contributed by atoms with Crippen LogP contribution in [-0.2, 0) is 19.8 Å². The fourth-order valence-corrected chi connectivity index (χ4v) is 2.09. The van der Waals surface area contributed by atoms with Gasteiger partial charge in [-0.3, -0.25) is 4.68 Å². The number of rotatable bonds is 3. The van der Waals surface area contributed by atoms with Gasteiger partial charge in [-0.2, -0.15) is 18.3 Å². The molecule has 21 heavy (non-hydrogen) atoms. The summed E-state index contributed by atoms with van der Waals surface area (Å²) >= 11 is 6.03. The third-order valence-electron chi connectivity index (χ3n) is 2.94. The Morgan fingerprint density at radius 1 is 1.38 bits per heavy atom. The van der Waals surface area contributed by atoms with Gasteiger partial charge in [-0.1, -0.05) is 11.6 Å². The van der Waals surface area contributed by atoms with Crippen molar-refractivity contribution >= 4 is 17.3 Å². The Bertz CT molecular complexity index is 667. The van der Waals surface area contributed by atoms with E-state index >= 15 is 0 Å². The van der Waals surface area contributed by atoms with Crippen LogP contribution in [0.1, 0.15) is 17.0 Å². The largest absolute Gasteiger partial charge is 0.487 e. The minimum atomic E-state index is -4.54. The molecule has 2 rings (SSSR count). The number of nitrogen functional groups attached to an aromatic ring is 1. The van der Waals surface area contributed by atoms with Crippen molar-refractivity contribution in [2.45, 2.75) is 19.7 Å². The van der Waals surface area contributed by atoms with Crippen molar-refractivity contribution in [3.8, 4) is 5.75 Å². The second-order valence-electron chi connectivity index (χ2n) is 4.51. The van der Waals surface area contributed by atoms with Crippen molar-refractivity contribution in [2.24, 2.45) is 7.05 Å². The molecule has 0 atom stereocenters. The van der Waals surface area contributed by atoms with Crippen LogP contribution in [0.4, 0.5) is 18.9 Å². The summed E-state index contributed by atoms with van der Waals surface area (Å²) in [4.78, 5) is 0. The van der Waals surface area contributed by atoms with Crippen LogP contribution in [0.15, 0.2) is 18.2 Å². The molecule has 1 aromatic carbocycles. The van der Waals surface area contributed by atoms with Crippen LogP contribution in [0, 0.1) is 6.92 Å². The first-order chi connectivity index (χ1) is 9.70. The third-order valence-corrected chi connectivity index (χ3v) is 3.43. The Kier molecular flexibility index (Phi) is 4.04. The molecule has 0 saturated carbocycles. The molecule has 2 aromatic rings. The Balaban J connectivity index is 2.28. The SMILES string of the molecule is Cc1nn(C)c(COc2ccc(N)cc2C(F)(F)F)c1Cl. The highest BCUT2D eigenvalue weighted by Crippen LogP contribution is 2.37. The lowest BCUT2D eigenvalue weighted by molar-refractivity contribution is -0.139. The number of aromatic nitrogens is 2. The summed E-state index contributed by atoms with van der Waals surface area (Å²) < 4.78 is 45.5. The van der Waals surface area contributed by atoms with Crippen LogP contribution >= 0.6 is 11.6 Å². The molecule has 0 aliphatic heterocycles. The highest BCUT2D eigenvalue weighted by Gasteiger charge is 2.34. The van der Waals surface area contributed by atoms with E-state index in [1.807, 2.05) is 0 Å². The molecule has 0 bridgehead atoms. The highest BCUT2D eigenvalue weighted by molar-refractivity contribution is 6.31. The van der Waals surface area contributed by atoms with Gasteiger partial charge < -0.3 is 10.5 Å². The third kappa shape index (κ3) is 3.24. The Hall–Kier alpha value is -1.89. The van der Waals surface area contributed by atoms with Crippen molar-refractivity contribution in [1.82, 2.24) is 9.78 Å². The second-order valence-corrected chi connectivity index (χ2v) is 4.89. The van der Waals surface area contributed by atoms with Crippen LogP contribution in [0.25, 0.3) is 0 Å². The predicted molar refractivity (Wildman–Crippen MR) is 73.1 cm³/mol. The molecule has 0 aliphatic carbocycles. The zero-order valence-electron chi connectivity index (χ0n) is 11.3. The maximum absolute atomic E-state index is 12.9. The van der Waals surface area contributed by atoms with Crippen molar-refractivity contribution in [3.05, 3.63) is 40.2 Å². The summed E-state index contributed by atoms with van der Waals surface area (Å²) in [6.45, 7) is 1.58. The second kappa shape index (κ2) is 5.48. The van der Waals surface area contributed by atoms with Gasteiger partial charge in [0.05, 0.1) is 22.0 Å². The van der Waals surface area contributed by atoms with Crippen LogP contribution < -0.4 is 10.5 Å². The summed E-state index contributed by atoms with van der Waals surface area (Å²) in [5, 5.41) is 4.45. The molecule has 0 fully saturated rings. The molecule has 0 amide bonds. The standard InChI is InChI=1S/C13H13ClF3N3O/c1-7-12(14)10(20(2)19-7)6-21-11-4-3-8(18)5-9(11)13(15,16)17/h3-5H,6,18H2,1-2H3. The van der Waals surface area contributed by atoms with Crippen LogP contribution in [0.5, 0.6) is 5.75 Å². The van der Waals surface area contributed by atoms with Crippen molar-refractivity contribution in [1.29, 1.82) is 0 Å². The van der Waals surface area contributed by atoms with Crippen molar-refractivity contribution in [2.75, 3.05) is 5.73 Å². The van der Waals surface area contributed by atoms with E-state index in [1.54, 1.807) is 14.0 Å². The molecule has 114 valence electrons. The topological polar surface area (TPSA) is 53.1 Å². The number of ether oxygens (including phenoxy) is 1. The number of anilines is 1. The van der Waals surface area contributed by atoms with Crippen LogP contribution in [0.2, 0.25) is 5.02 Å². The van der Waals surface area contributed by atoms with Crippen LogP contribution in [-0.4, -0.2) is 9.78 Å². The van der Waals surface area contributed by atoms with E-state index in [0.29, 0.717) is 16.4 Å². The van der Waals surface area contributed by atoms with Gasteiger partial charge in [-0.05, 0) is 25.1 Å². The minimum absolute atomic E-state index is 0.0177. The van der Waals surface area contributed by atoms with Gasteiger partial charge in [-0.25, -0.2) is 0 Å². The molecular formula is C13H13ClF3N3O. The number of hydrogen-bond donors (Lipinski definition) is 1. The van der Waals surface area contributed by atoms with E-state index in [1.165, 1.54) is 16.8 Å². The maximum Gasteiger partial charge on any atom is 0.420 e. The van der Waals surface area contributed by atoms with Crippen molar-refractivity contribution < 1.29 is 17.9 Å². The van der Waals surface area contributed by atoms with Gasteiger partial charge in [0.15, 0.2) is 0 Å². The van der Waals surface area contributed by atoms with E-state index in [4.69, 9.17) is 22.1 Å². The zero-order valence-corrected chi connectivity index (χ0v) is 12.1. The molecule has 0 spiro atoms. The van der Waals surface area contributed by atoms with Gasteiger partial charge in [-0.15, -0.1) is 0 Å². The average molecular weight is 320 g/mol. The summed E-state index contributed by atoms with van der Waals surface area (Å²) in [7, 11) is 1.64. The molecule has 0 aliphatic rings. The van der Waals surface area contributed by atoms with E-state index in [-0.39, 0.29) is 18.0 Å². The fourth-order valence-electron chi connectivity index (χ4n) is 1.88. The van der Waals surface area contributed by atoms with Crippen LogP contribution in [0.3, 0.4) is 0 Å². The normalized spacial score (nSPS) is 11.7. The highest BCUT2D eigenvalue weighted by atomic mass is 35.5. The van der Waals surface area contributed by atoms with E-state index in [2.05, 4.69) is 5.10 Å². The minimum Gasteiger partial charge on any atom is -0.487 e. The first-order valence-electron chi connectivity index (χ1n) is 5.97. The van der Waals surface area contributed by atoms with Gasteiger partial charge in [0.2, 0.25) is 0 Å². The number of nitrogens with two attached hydrogens (primary N) is 1. The van der Waals surface area contributed by atoms with E-state index in [0.717, 1.165) is 6.07 Å². The van der Waals surface area contributed by atoms with Gasteiger partial charge in [0, 0.05) is 12.7 Å². The summed E-state index contributed by atoms with van der Waals surface area (Å²) in [6, 6.07) is 3.38. The summed E-state index contributed by atoms with van der Waals surface area (Å²) in [5.74, 6) is -0.299. The first kappa shape index (κ1) is 15.5. The molecule has 0 radical (unpaired) electrons. The predicted octanol–water partition coefficient (Wildman–Crippen LogP) is 3.56. The number of nitrogens with zero attached hydrogens (tertiary/aromatic N) is 2. The number of benzene rings is 1. The molecule has 0 saturated heterocycles. The number of aryl methyl sites for hydroxylation is 2. The maximum atomic E-state index is 12.9. The smallest absolute Gasteiger partial charge is 0.420 e. The quantitative estimate of drug-likeness (QED) is 0.880. The summed E-state index contributed by atoms with van der Waals surface area (Å²) in [6.07, 6.45) is -4.54. The van der Waals surface area contributed by atoms with Gasteiger partial charge in [0.1, 0.15) is 12.4 Å².